The summed E-state index contributed by atoms with van der Waals surface area (Å²) in [6.07, 6.45) is 3.10. The number of benzene rings is 1. The van der Waals surface area contributed by atoms with Crippen molar-refractivity contribution in [1.82, 2.24) is 14.5 Å². The lowest BCUT2D eigenvalue weighted by atomic mass is 10.1. The number of hydrogen-bond donors (Lipinski definition) is 0. The van der Waals surface area contributed by atoms with E-state index in [9.17, 15) is 9.59 Å². The van der Waals surface area contributed by atoms with Crippen LogP contribution in [0, 0.1) is 0 Å². The van der Waals surface area contributed by atoms with Gasteiger partial charge in [-0.15, -0.1) is 11.3 Å². The Balaban J connectivity index is 1.76. The third-order valence-electron chi connectivity index (χ3n) is 3.70. The number of halogens is 1. The lowest BCUT2D eigenvalue weighted by Gasteiger charge is -2.05. The number of Topliss-reactive ketones (excluding diaryl/α,β-unsaturated/α-hetero) is 1. The zero-order valence-corrected chi connectivity index (χ0v) is 13.8. The molecule has 5 nitrogen and oxygen atoms in total. The van der Waals surface area contributed by atoms with E-state index in [1.807, 2.05) is 12.1 Å². The molecule has 7 heteroatoms. The molecule has 0 fully saturated rings. The van der Waals surface area contributed by atoms with Crippen LogP contribution in [0.5, 0.6) is 0 Å². The van der Waals surface area contributed by atoms with E-state index in [4.69, 9.17) is 11.6 Å². The number of aromatic nitrogens is 3. The Morgan fingerprint density at radius 2 is 1.96 bits per heavy atom. The molecule has 0 aliphatic heterocycles. The Bertz CT molecular complexity index is 1130. The van der Waals surface area contributed by atoms with E-state index >= 15 is 0 Å². The molecule has 0 bridgehead atoms. The largest absolute Gasteiger partial charge is 0.292 e. The molecule has 0 aliphatic rings. The molecule has 3 aromatic heterocycles. The minimum absolute atomic E-state index is 0.0644. The average Bonchev–Trinajstić information content (AvgIpc) is 2.97. The van der Waals surface area contributed by atoms with Gasteiger partial charge in [-0.3, -0.25) is 14.2 Å². The second kappa shape index (κ2) is 5.81. The van der Waals surface area contributed by atoms with Crippen molar-refractivity contribution < 1.29 is 4.79 Å². The van der Waals surface area contributed by atoms with E-state index in [2.05, 4.69) is 9.97 Å². The second-order valence-corrected chi connectivity index (χ2v) is 6.68. The highest BCUT2D eigenvalue weighted by Gasteiger charge is 2.14. The molecule has 0 amide bonds. The van der Waals surface area contributed by atoms with Gasteiger partial charge in [0.25, 0.3) is 5.56 Å². The topological polar surface area (TPSA) is 64.8 Å². The number of nitrogens with zero attached hydrogens (tertiary/aromatic N) is 3. The molecule has 0 N–H and O–H groups in total. The summed E-state index contributed by atoms with van der Waals surface area (Å²) in [6.45, 7) is -0.0644. The molecule has 1 aromatic carbocycles. The van der Waals surface area contributed by atoms with Crippen LogP contribution in [0.15, 0.2) is 53.7 Å². The fourth-order valence-electron chi connectivity index (χ4n) is 2.50. The van der Waals surface area contributed by atoms with Gasteiger partial charge in [0, 0.05) is 22.2 Å². The number of carbonyl (C=O) groups is 1. The number of carbonyl (C=O) groups excluding carboxylic acids is 1. The highest BCUT2D eigenvalue weighted by atomic mass is 35.5. The molecule has 0 saturated carbocycles. The first-order valence-corrected chi connectivity index (χ1v) is 8.34. The Morgan fingerprint density at radius 1 is 1.17 bits per heavy atom. The minimum Gasteiger partial charge on any atom is -0.292 e. The number of thiophene rings is 1. The Hall–Kier alpha value is -2.57. The van der Waals surface area contributed by atoms with Gasteiger partial charge in [-0.25, -0.2) is 9.97 Å². The van der Waals surface area contributed by atoms with E-state index in [-0.39, 0.29) is 17.9 Å². The third-order valence-corrected chi connectivity index (χ3v) is 5.04. The second-order valence-electron chi connectivity index (χ2n) is 5.24. The average molecular weight is 356 g/mol. The van der Waals surface area contributed by atoms with Crippen molar-refractivity contribution in [2.45, 2.75) is 6.54 Å². The normalized spacial score (nSPS) is 11.2. The van der Waals surface area contributed by atoms with Crippen molar-refractivity contribution in [3.05, 3.63) is 69.9 Å². The van der Waals surface area contributed by atoms with E-state index in [0.29, 0.717) is 20.8 Å². The van der Waals surface area contributed by atoms with Gasteiger partial charge < -0.3 is 0 Å². The molecule has 4 aromatic rings. The van der Waals surface area contributed by atoms with Gasteiger partial charge in [-0.2, -0.15) is 0 Å². The van der Waals surface area contributed by atoms with Gasteiger partial charge in [-0.1, -0.05) is 11.6 Å². The maximum absolute atomic E-state index is 12.7. The summed E-state index contributed by atoms with van der Waals surface area (Å²) in [4.78, 5) is 34.4. The van der Waals surface area contributed by atoms with Gasteiger partial charge in [0.2, 0.25) is 0 Å². The van der Waals surface area contributed by atoms with E-state index < -0.39 is 0 Å². The van der Waals surface area contributed by atoms with Crippen LogP contribution in [-0.2, 0) is 6.54 Å². The van der Waals surface area contributed by atoms with Crippen LogP contribution in [0.25, 0.3) is 20.4 Å². The summed E-state index contributed by atoms with van der Waals surface area (Å²) in [6, 6.07) is 10.3. The monoisotopic (exact) mass is 355 g/mol. The van der Waals surface area contributed by atoms with Crippen LogP contribution < -0.4 is 5.56 Å². The van der Waals surface area contributed by atoms with Crippen molar-refractivity contribution in [2.75, 3.05) is 0 Å². The molecule has 3 heterocycles. The highest BCUT2D eigenvalue weighted by molar-refractivity contribution is 7.25. The van der Waals surface area contributed by atoms with Crippen LogP contribution in [-0.4, -0.2) is 20.3 Å². The quantitative estimate of drug-likeness (QED) is 0.527. The molecule has 118 valence electrons. The first-order chi connectivity index (χ1) is 11.6. The fourth-order valence-corrected chi connectivity index (χ4v) is 3.67. The van der Waals surface area contributed by atoms with Gasteiger partial charge in [-0.05, 0) is 36.4 Å². The van der Waals surface area contributed by atoms with Crippen LogP contribution in [0.2, 0.25) is 5.02 Å². The zero-order chi connectivity index (χ0) is 16.7. The lowest BCUT2D eigenvalue weighted by Crippen LogP contribution is -2.24. The summed E-state index contributed by atoms with van der Waals surface area (Å²) in [5, 5.41) is 1.41. The van der Waals surface area contributed by atoms with Gasteiger partial charge in [0.05, 0.1) is 18.4 Å². The van der Waals surface area contributed by atoms with Crippen LogP contribution in [0.4, 0.5) is 0 Å². The lowest BCUT2D eigenvalue weighted by molar-refractivity contribution is 0.0970. The van der Waals surface area contributed by atoms with Gasteiger partial charge in [0.1, 0.15) is 9.53 Å². The third kappa shape index (κ3) is 2.50. The van der Waals surface area contributed by atoms with Crippen molar-refractivity contribution in [1.29, 1.82) is 0 Å². The molecule has 0 spiro atoms. The maximum atomic E-state index is 12.7. The standard InChI is InChI=1S/C17H10ClN3O2S/c18-11-5-3-10(4-6-11)13(22)8-21-9-20-14-12-2-1-7-19-16(12)24-15(14)17(21)23/h1-7,9H,8H2. The molecule has 0 saturated heterocycles. The molecule has 0 unspecified atom stereocenters. The Labute approximate surface area is 145 Å². The van der Waals surface area contributed by atoms with Gasteiger partial charge >= 0.3 is 0 Å². The molecule has 0 aliphatic carbocycles. The number of pyridine rings is 1. The van der Waals surface area contributed by atoms with Crippen molar-refractivity contribution in [2.24, 2.45) is 0 Å². The Kier molecular flexibility index (Phi) is 3.63. The smallest absolute Gasteiger partial charge is 0.271 e. The van der Waals surface area contributed by atoms with Crippen LogP contribution in [0.3, 0.4) is 0 Å². The summed E-state index contributed by atoms with van der Waals surface area (Å²) >= 11 is 7.12. The maximum Gasteiger partial charge on any atom is 0.271 e. The number of ketones is 1. The Morgan fingerprint density at radius 3 is 2.75 bits per heavy atom. The van der Waals surface area contributed by atoms with Gasteiger partial charge in [0.15, 0.2) is 5.78 Å². The van der Waals surface area contributed by atoms with Crippen molar-refractivity contribution >= 4 is 49.2 Å². The predicted molar refractivity (Wildman–Crippen MR) is 95.0 cm³/mol. The molecule has 4 rings (SSSR count). The summed E-state index contributed by atoms with van der Waals surface area (Å²) in [5.74, 6) is -0.172. The molecular weight excluding hydrogens is 346 g/mol. The zero-order valence-electron chi connectivity index (χ0n) is 12.3. The minimum atomic E-state index is -0.231. The molecule has 0 atom stereocenters. The van der Waals surface area contributed by atoms with E-state index in [1.165, 1.54) is 22.2 Å². The predicted octanol–water partition coefficient (Wildman–Crippen LogP) is 3.54. The van der Waals surface area contributed by atoms with Crippen molar-refractivity contribution in [3.8, 4) is 0 Å². The summed E-state index contributed by atoms with van der Waals surface area (Å²) < 4.78 is 1.84. The number of fused-ring (bicyclic) bond motifs is 3. The van der Waals surface area contributed by atoms with E-state index in [0.717, 1.165) is 10.2 Å². The molecule has 24 heavy (non-hydrogen) atoms. The van der Waals surface area contributed by atoms with Crippen LogP contribution >= 0.6 is 22.9 Å². The number of hydrogen-bond acceptors (Lipinski definition) is 5. The summed E-state index contributed by atoms with van der Waals surface area (Å²) in [5.41, 5.74) is 0.901. The van der Waals surface area contributed by atoms with Crippen LogP contribution in [0.1, 0.15) is 10.4 Å². The van der Waals surface area contributed by atoms with E-state index in [1.54, 1.807) is 30.5 Å². The SMILES string of the molecule is O=C(Cn1cnc2c(sc3ncccc32)c1=O)c1ccc(Cl)cc1. The fraction of sp³-hybridized carbons (Fsp3) is 0.0588. The molecular formula is C17H10ClN3O2S. The first kappa shape index (κ1) is 15.0. The first-order valence-electron chi connectivity index (χ1n) is 7.15. The molecule has 0 radical (unpaired) electrons. The van der Waals surface area contributed by atoms with Crippen molar-refractivity contribution in [3.63, 3.8) is 0 Å². The highest BCUT2D eigenvalue weighted by Crippen LogP contribution is 2.27. The summed E-state index contributed by atoms with van der Waals surface area (Å²) in [7, 11) is 0. The number of rotatable bonds is 3.